The first kappa shape index (κ1) is 29.7. The van der Waals surface area contributed by atoms with Gasteiger partial charge in [-0.15, -0.1) is 0 Å². The fraction of sp³-hybridized carbons (Fsp3) is 0.240. The Kier molecular flexibility index (Phi) is 8.77. The average Bonchev–Trinajstić information content (AvgIpc) is 3.40. The molecule has 1 aliphatic rings. The van der Waals surface area contributed by atoms with Crippen LogP contribution in [0.5, 0.6) is 11.5 Å². The van der Waals surface area contributed by atoms with Gasteiger partial charge in [0.05, 0.1) is 39.3 Å². The number of benzene rings is 2. The Morgan fingerprint density at radius 1 is 1.10 bits per heavy atom. The lowest BCUT2D eigenvalue weighted by molar-refractivity contribution is -0.677. The van der Waals surface area contributed by atoms with E-state index in [1.54, 1.807) is 15.5 Å². The number of aryl methyl sites for hydroxylation is 1. The Bertz CT molecular complexity index is 1760. The summed E-state index contributed by atoms with van der Waals surface area (Å²) in [4.78, 5) is 23.8. The zero-order chi connectivity index (χ0) is 29.8. The highest BCUT2D eigenvalue weighted by molar-refractivity contribution is 7.85. The van der Waals surface area contributed by atoms with Gasteiger partial charge >= 0.3 is 11.9 Å². The molecule has 2 aromatic carbocycles. The number of aromatic carboxylic acids is 1. The molecule has 1 aromatic heterocycles. The fourth-order valence-corrected chi connectivity index (χ4v) is 5.15. The first-order chi connectivity index (χ1) is 19.3. The van der Waals surface area contributed by atoms with Gasteiger partial charge in [0.1, 0.15) is 5.75 Å². The zero-order valence-electron chi connectivity index (χ0n) is 21.2. The topological polar surface area (TPSA) is 205 Å². The van der Waals surface area contributed by atoms with E-state index in [1.807, 2.05) is 0 Å². The van der Waals surface area contributed by atoms with Gasteiger partial charge in [-0.1, -0.05) is 0 Å². The third-order valence-electron chi connectivity index (χ3n) is 5.90. The van der Waals surface area contributed by atoms with E-state index in [-0.39, 0.29) is 55.5 Å². The number of allylic oxidation sites excluding steroid dienone is 2. The van der Waals surface area contributed by atoms with Gasteiger partial charge in [0.25, 0.3) is 22.1 Å². The molecule has 0 aliphatic carbocycles. The van der Waals surface area contributed by atoms with Gasteiger partial charge in [0.15, 0.2) is 12.3 Å². The smallest absolute Gasteiger partial charge is 0.374 e. The van der Waals surface area contributed by atoms with Crippen molar-refractivity contribution < 1.29 is 59.1 Å². The van der Waals surface area contributed by atoms with Crippen LogP contribution in [0.15, 0.2) is 58.9 Å². The number of aromatic nitrogens is 1. The van der Waals surface area contributed by atoms with E-state index in [4.69, 9.17) is 18.4 Å². The van der Waals surface area contributed by atoms with Gasteiger partial charge in [-0.25, -0.2) is 13.2 Å². The van der Waals surface area contributed by atoms with E-state index in [9.17, 15) is 36.1 Å². The van der Waals surface area contributed by atoms with Crippen LogP contribution in [0.25, 0.3) is 17.2 Å². The molecule has 16 heteroatoms. The number of carboxylic acids is 1. The molecule has 4 rings (SSSR count). The Morgan fingerprint density at radius 3 is 2.56 bits per heavy atom. The first-order valence-corrected chi connectivity index (χ1v) is 15.2. The third-order valence-corrected chi connectivity index (χ3v) is 7.49. The Labute approximate surface area is 234 Å². The van der Waals surface area contributed by atoms with E-state index in [0.29, 0.717) is 22.5 Å². The Morgan fingerprint density at radius 2 is 1.88 bits per heavy atom. The molecule has 0 bridgehead atoms. The summed E-state index contributed by atoms with van der Waals surface area (Å²) in [5.41, 5.74) is 1.24. The van der Waals surface area contributed by atoms with E-state index in [2.05, 4.69) is 0 Å². The van der Waals surface area contributed by atoms with Crippen LogP contribution in [-0.4, -0.2) is 61.5 Å². The molecule has 2 heterocycles. The minimum absolute atomic E-state index is 0.00902. The summed E-state index contributed by atoms with van der Waals surface area (Å²) in [7, 11) is -8.67. The molecule has 2 N–H and O–H groups in total. The van der Waals surface area contributed by atoms with Crippen molar-refractivity contribution in [2.45, 2.75) is 19.4 Å². The summed E-state index contributed by atoms with van der Waals surface area (Å²) in [6.45, 7) is 0.406. The number of nitrogens with zero attached hydrogens (tertiary/aromatic N) is 2. The van der Waals surface area contributed by atoms with Gasteiger partial charge in [-0.2, -0.15) is 13.0 Å². The van der Waals surface area contributed by atoms with Crippen LogP contribution in [0.4, 0.5) is 5.69 Å². The van der Waals surface area contributed by atoms with Gasteiger partial charge in [-0.05, 0) is 48.9 Å². The molecule has 0 radical (unpaired) electrons. The van der Waals surface area contributed by atoms with Crippen LogP contribution in [0.2, 0.25) is 0 Å². The largest absolute Gasteiger partial charge is 0.748 e. The van der Waals surface area contributed by atoms with Crippen molar-refractivity contribution >= 4 is 55.5 Å². The molecule has 41 heavy (non-hydrogen) atoms. The normalized spacial score (nSPS) is 14.5. The number of hydrogen-bond acceptors (Lipinski definition) is 11. The monoisotopic (exact) mass is 608 g/mol. The second-order valence-corrected chi connectivity index (χ2v) is 11.9. The van der Waals surface area contributed by atoms with E-state index >= 15 is 0 Å². The lowest BCUT2D eigenvalue weighted by Gasteiger charge is -2.17. The summed E-state index contributed by atoms with van der Waals surface area (Å²) in [6.07, 6.45) is 4.59. The van der Waals surface area contributed by atoms with Crippen molar-refractivity contribution in [3.05, 3.63) is 65.9 Å². The quantitative estimate of drug-likeness (QED) is 0.162. The van der Waals surface area contributed by atoms with Gasteiger partial charge in [0.2, 0.25) is 11.5 Å². The van der Waals surface area contributed by atoms with Crippen molar-refractivity contribution in [2.75, 3.05) is 23.0 Å². The number of oxazole rings is 1. The highest BCUT2D eigenvalue weighted by Gasteiger charge is 2.28. The second kappa shape index (κ2) is 12.1. The molecule has 218 valence electrons. The van der Waals surface area contributed by atoms with Crippen LogP contribution in [-0.2, 0) is 31.6 Å². The number of anilines is 1. The van der Waals surface area contributed by atoms with E-state index in [1.165, 1.54) is 48.6 Å². The number of ether oxygens (including phenoxy) is 2. The summed E-state index contributed by atoms with van der Waals surface area (Å²) >= 11 is 0. The molecular weight excluding hydrogens is 584 g/mol. The lowest BCUT2D eigenvalue weighted by atomic mass is 10.2. The summed E-state index contributed by atoms with van der Waals surface area (Å²) in [5, 5.41) is 9.37. The van der Waals surface area contributed by atoms with Gasteiger partial charge < -0.3 is 28.5 Å². The van der Waals surface area contributed by atoms with Crippen molar-refractivity contribution in [2.24, 2.45) is 0 Å². The molecule has 1 aliphatic heterocycles. The second-order valence-electron chi connectivity index (χ2n) is 8.80. The molecule has 14 nitrogen and oxygen atoms in total. The van der Waals surface area contributed by atoms with E-state index < -0.39 is 37.7 Å². The molecule has 0 atom stereocenters. The molecule has 0 spiro atoms. The SMILES string of the molecule is O=COc1ccc2oc(/C=C/C=C3\Oc4ccc(C(=O)O)cc4N3CCCS(=O)(=O)O)[n+](CCCS(=O)(=O)[O-])c2c1. The minimum atomic E-state index is -4.45. The zero-order valence-corrected chi connectivity index (χ0v) is 22.8. The van der Waals surface area contributed by atoms with Gasteiger partial charge in [-0.3, -0.25) is 9.35 Å². The summed E-state index contributed by atoms with van der Waals surface area (Å²) in [6, 6.07) is 8.78. The Hall–Kier alpha value is -4.25. The summed E-state index contributed by atoms with van der Waals surface area (Å²) in [5.74, 6) is -1.25. The predicted molar refractivity (Wildman–Crippen MR) is 142 cm³/mol. The summed E-state index contributed by atoms with van der Waals surface area (Å²) < 4.78 is 83.1. The van der Waals surface area contributed by atoms with Crippen LogP contribution < -0.4 is 18.9 Å². The first-order valence-electron chi connectivity index (χ1n) is 12.0. The van der Waals surface area contributed by atoms with Crippen molar-refractivity contribution in [3.63, 3.8) is 0 Å². The fourth-order valence-electron chi connectivity index (χ4n) is 4.17. The molecule has 0 unspecified atom stereocenters. The maximum Gasteiger partial charge on any atom is 0.374 e. The van der Waals surface area contributed by atoms with Crippen molar-refractivity contribution in [3.8, 4) is 11.5 Å². The minimum Gasteiger partial charge on any atom is -0.748 e. The van der Waals surface area contributed by atoms with Gasteiger partial charge in [0, 0.05) is 18.7 Å². The molecule has 3 aromatic rings. The number of carboxylic acid groups (broad SMARTS) is 1. The number of hydrogen-bond donors (Lipinski definition) is 2. The van der Waals surface area contributed by atoms with E-state index in [0.717, 1.165) is 0 Å². The number of carbonyl (C=O) groups is 2. The molecule has 0 fully saturated rings. The van der Waals surface area contributed by atoms with Crippen LogP contribution in [0.1, 0.15) is 29.1 Å². The molecule has 0 saturated heterocycles. The Balaban J connectivity index is 1.66. The standard InChI is InChI=1S/C25H24N2O12S2/c28-16-37-18-7-9-22-20(15-18)27(11-3-13-41(34,35)36)24(39-22)5-1-4-23-26(10-2-12-40(31,32)33)19-14-17(25(29)30)6-8-21(19)38-23/h1,4-9,14-16H,2-3,10-13H2,(H2-,29,30,31,32,33,34,35,36). The average molecular weight is 609 g/mol. The maximum atomic E-state index is 11.5. The van der Waals surface area contributed by atoms with Crippen LogP contribution in [0, 0.1) is 0 Å². The maximum absolute atomic E-state index is 11.5. The third kappa shape index (κ3) is 7.69. The predicted octanol–water partition coefficient (Wildman–Crippen LogP) is 1.92. The number of rotatable bonds is 13. The molecule has 0 amide bonds. The van der Waals surface area contributed by atoms with Crippen molar-refractivity contribution in [1.29, 1.82) is 0 Å². The molecular formula is C25H24N2O12S2. The highest BCUT2D eigenvalue weighted by atomic mass is 32.2. The number of carbonyl (C=O) groups excluding carboxylic acids is 1. The van der Waals surface area contributed by atoms with Crippen LogP contribution in [0.3, 0.4) is 0 Å². The lowest BCUT2D eigenvalue weighted by Crippen LogP contribution is -2.36. The molecule has 0 saturated carbocycles. The van der Waals surface area contributed by atoms with Crippen molar-refractivity contribution in [1.82, 2.24) is 0 Å². The van der Waals surface area contributed by atoms with Crippen LogP contribution >= 0.6 is 0 Å². The number of fused-ring (bicyclic) bond motifs is 2. The highest BCUT2D eigenvalue weighted by Crippen LogP contribution is 2.39.